The van der Waals surface area contributed by atoms with Crippen molar-refractivity contribution < 1.29 is 37.3 Å². The second kappa shape index (κ2) is 55.8. The Labute approximate surface area is 466 Å². The van der Waals surface area contributed by atoms with Crippen LogP contribution in [0.5, 0.6) is 0 Å². The van der Waals surface area contributed by atoms with E-state index in [0.29, 0.717) is 23.9 Å². The number of likely N-dealkylation sites (N-methyl/N-ethyl adjacent to an activating group) is 1. The average Bonchev–Trinajstić information content (AvgIpc) is 3.37. The predicted octanol–water partition coefficient (Wildman–Crippen LogP) is 20.1. The number of ether oxygens (including phenoxy) is 1. The number of nitrogens with zero attached hydrogens (tertiary/aromatic N) is 1. The van der Waals surface area contributed by atoms with Crippen molar-refractivity contribution in [3.05, 3.63) is 24.3 Å². The number of esters is 1. The number of carbonyl (C=O) groups excluding carboxylic acids is 2. The Morgan fingerprint density at radius 2 is 0.773 bits per heavy atom. The van der Waals surface area contributed by atoms with Crippen LogP contribution < -0.4 is 5.32 Å². The fourth-order valence-electron chi connectivity index (χ4n) is 9.82. The summed E-state index contributed by atoms with van der Waals surface area (Å²) < 4.78 is 30.7. The summed E-state index contributed by atoms with van der Waals surface area (Å²) in [6, 6.07) is -0.844. The fraction of sp³-hybridized carbons (Fsp3) is 0.908. The SMILES string of the molecule is CCCCCC/C=C\CCCCCCCCCC(=O)OC(/C=C/CCCCCCCCCCCCC)C(COP(=O)(O)OCC[N+](C)(C)C)NC(=O)CCCCCCCCCCCCCCCCCCCCCCC. The molecule has 0 heterocycles. The first-order chi connectivity index (χ1) is 36.4. The number of quaternary nitrogens is 1. The van der Waals surface area contributed by atoms with E-state index < -0.39 is 20.0 Å². The first-order valence-electron chi connectivity index (χ1n) is 32.7. The van der Waals surface area contributed by atoms with E-state index in [2.05, 4.69) is 38.2 Å². The van der Waals surface area contributed by atoms with Crippen LogP contribution in [0.4, 0.5) is 0 Å². The molecule has 0 aromatic heterocycles. The van der Waals surface area contributed by atoms with Gasteiger partial charge >= 0.3 is 13.8 Å². The maximum atomic E-state index is 13.6. The molecule has 0 fully saturated rings. The lowest BCUT2D eigenvalue weighted by Gasteiger charge is -2.27. The number of unbranched alkanes of at least 4 members (excludes halogenated alkanes) is 42. The molecule has 3 unspecified atom stereocenters. The minimum Gasteiger partial charge on any atom is -0.456 e. The highest BCUT2D eigenvalue weighted by Crippen LogP contribution is 2.43. The Balaban J connectivity index is 5.17. The largest absolute Gasteiger partial charge is 0.472 e. The number of carbonyl (C=O) groups is 2. The molecule has 0 saturated heterocycles. The van der Waals surface area contributed by atoms with Crippen LogP contribution in [0.2, 0.25) is 0 Å². The summed E-state index contributed by atoms with van der Waals surface area (Å²) >= 11 is 0. The lowest BCUT2D eigenvalue weighted by molar-refractivity contribution is -0.870. The predicted molar refractivity (Wildman–Crippen MR) is 323 cm³/mol. The van der Waals surface area contributed by atoms with Crippen LogP contribution in [0.3, 0.4) is 0 Å². The number of hydrogen-bond donors (Lipinski definition) is 2. The van der Waals surface area contributed by atoms with Crippen molar-refractivity contribution in [1.82, 2.24) is 5.32 Å². The van der Waals surface area contributed by atoms with Gasteiger partial charge in [0.2, 0.25) is 5.91 Å². The molecule has 3 atom stereocenters. The third-order valence-electron chi connectivity index (χ3n) is 14.9. The van der Waals surface area contributed by atoms with E-state index >= 15 is 0 Å². The van der Waals surface area contributed by atoms with Crippen molar-refractivity contribution in [2.75, 3.05) is 40.9 Å². The zero-order chi connectivity index (χ0) is 55.0. The van der Waals surface area contributed by atoms with Crippen LogP contribution in [-0.2, 0) is 27.9 Å². The Hall–Kier alpha value is -1.51. The molecule has 444 valence electrons. The molecule has 9 nitrogen and oxygen atoms in total. The quantitative estimate of drug-likeness (QED) is 0.0205. The lowest BCUT2D eigenvalue weighted by Crippen LogP contribution is -2.47. The molecule has 0 aliphatic rings. The minimum absolute atomic E-state index is 0.0433. The molecule has 0 rings (SSSR count). The molecule has 2 N–H and O–H groups in total. The zero-order valence-corrected chi connectivity index (χ0v) is 51.7. The van der Waals surface area contributed by atoms with E-state index in [4.69, 9.17) is 13.8 Å². The Bertz CT molecular complexity index is 1340. The number of hydrogen-bond acceptors (Lipinski definition) is 6. The van der Waals surface area contributed by atoms with Crippen LogP contribution in [0, 0.1) is 0 Å². The summed E-state index contributed by atoms with van der Waals surface area (Å²) in [4.78, 5) is 37.8. The number of amides is 1. The summed E-state index contributed by atoms with van der Waals surface area (Å²) in [5.74, 6) is -0.492. The standard InChI is InChI=1S/C65H127N2O7P/c1-7-10-13-16-19-22-25-28-30-31-32-33-34-35-37-39-42-45-48-51-54-57-64(68)66-62(61-73-75(70,71)72-60-59-67(4,5)6)63(56-53-50-47-44-41-38-27-24-21-18-15-12-9-3)74-65(69)58-55-52-49-46-43-40-36-29-26-23-20-17-14-11-8-2/h23,26,53,56,62-63H,7-22,24-25,27-52,54-55,57-61H2,1-6H3,(H-,66,68,70,71)/p+1/b26-23-,56-53+. The van der Waals surface area contributed by atoms with Crippen molar-refractivity contribution in [1.29, 1.82) is 0 Å². The zero-order valence-electron chi connectivity index (χ0n) is 50.8. The smallest absolute Gasteiger partial charge is 0.456 e. The van der Waals surface area contributed by atoms with Gasteiger partial charge in [0.05, 0.1) is 33.8 Å². The highest BCUT2D eigenvalue weighted by atomic mass is 31.2. The second-order valence-electron chi connectivity index (χ2n) is 23.6. The normalized spacial score (nSPS) is 13.7. The average molecular weight is 1080 g/mol. The summed E-state index contributed by atoms with van der Waals surface area (Å²) in [6.45, 7) is 7.05. The third-order valence-corrected chi connectivity index (χ3v) is 15.9. The molecule has 0 aromatic rings. The Morgan fingerprint density at radius 1 is 0.453 bits per heavy atom. The highest BCUT2D eigenvalue weighted by Gasteiger charge is 2.30. The van der Waals surface area contributed by atoms with Crippen LogP contribution in [-0.4, -0.2) is 74.3 Å². The number of phosphoric ester groups is 1. The number of nitrogens with one attached hydrogen (secondary N) is 1. The molecule has 0 spiro atoms. The van der Waals surface area contributed by atoms with E-state index in [9.17, 15) is 19.0 Å². The van der Waals surface area contributed by atoms with Crippen molar-refractivity contribution in [2.45, 2.75) is 341 Å². The van der Waals surface area contributed by atoms with Crippen molar-refractivity contribution in [2.24, 2.45) is 0 Å². The van der Waals surface area contributed by atoms with E-state index in [-0.39, 0.29) is 25.1 Å². The van der Waals surface area contributed by atoms with Crippen LogP contribution in [0.15, 0.2) is 24.3 Å². The van der Waals surface area contributed by atoms with E-state index in [1.807, 2.05) is 33.3 Å². The number of rotatable bonds is 60. The van der Waals surface area contributed by atoms with Crippen LogP contribution in [0.1, 0.15) is 329 Å². The van der Waals surface area contributed by atoms with Crippen LogP contribution >= 0.6 is 7.82 Å². The Morgan fingerprint density at radius 3 is 1.15 bits per heavy atom. The monoisotopic (exact) mass is 1080 g/mol. The maximum absolute atomic E-state index is 13.6. The van der Waals surface area contributed by atoms with Gasteiger partial charge in [-0.15, -0.1) is 0 Å². The van der Waals surface area contributed by atoms with Gasteiger partial charge in [-0.05, 0) is 57.4 Å². The molecular weight excluding hydrogens is 952 g/mol. The van der Waals surface area contributed by atoms with Gasteiger partial charge in [-0.2, -0.15) is 0 Å². The molecule has 0 radical (unpaired) electrons. The van der Waals surface area contributed by atoms with Crippen molar-refractivity contribution >= 4 is 19.7 Å². The van der Waals surface area contributed by atoms with Gasteiger partial charge in [0.15, 0.2) is 0 Å². The van der Waals surface area contributed by atoms with Gasteiger partial charge in [0, 0.05) is 12.8 Å². The topological polar surface area (TPSA) is 111 Å². The van der Waals surface area contributed by atoms with Gasteiger partial charge in [-0.1, -0.05) is 283 Å². The van der Waals surface area contributed by atoms with Gasteiger partial charge in [-0.3, -0.25) is 18.6 Å². The van der Waals surface area contributed by atoms with E-state index in [1.54, 1.807) is 0 Å². The molecule has 75 heavy (non-hydrogen) atoms. The first-order valence-corrected chi connectivity index (χ1v) is 34.2. The molecule has 0 aromatic carbocycles. The van der Waals surface area contributed by atoms with Crippen molar-refractivity contribution in [3.8, 4) is 0 Å². The minimum atomic E-state index is -4.44. The van der Waals surface area contributed by atoms with Gasteiger partial charge < -0.3 is 19.4 Å². The van der Waals surface area contributed by atoms with Gasteiger partial charge in [0.25, 0.3) is 0 Å². The second-order valence-corrected chi connectivity index (χ2v) is 25.1. The van der Waals surface area contributed by atoms with Gasteiger partial charge in [-0.25, -0.2) is 4.57 Å². The first kappa shape index (κ1) is 73.5. The molecule has 0 bridgehead atoms. The number of phosphoric acid groups is 1. The number of allylic oxidation sites excluding steroid dienone is 3. The molecule has 0 aliphatic carbocycles. The third kappa shape index (κ3) is 57.0. The molecule has 10 heteroatoms. The molecule has 1 amide bonds. The highest BCUT2D eigenvalue weighted by molar-refractivity contribution is 7.47. The summed E-state index contributed by atoms with van der Waals surface area (Å²) in [5.41, 5.74) is 0. The molecule has 0 saturated carbocycles. The summed E-state index contributed by atoms with van der Waals surface area (Å²) in [6.07, 6.45) is 66.0. The van der Waals surface area contributed by atoms with E-state index in [1.165, 1.54) is 238 Å². The molecule has 0 aliphatic heterocycles. The summed E-state index contributed by atoms with van der Waals surface area (Å²) in [5, 5.41) is 3.07. The van der Waals surface area contributed by atoms with Crippen molar-refractivity contribution in [3.63, 3.8) is 0 Å². The van der Waals surface area contributed by atoms with Gasteiger partial charge in [0.1, 0.15) is 19.3 Å². The van der Waals surface area contributed by atoms with Crippen LogP contribution in [0.25, 0.3) is 0 Å². The Kier molecular flexibility index (Phi) is 54.7. The maximum Gasteiger partial charge on any atom is 0.472 e. The van der Waals surface area contributed by atoms with E-state index in [0.717, 1.165) is 57.8 Å². The summed E-state index contributed by atoms with van der Waals surface area (Å²) in [7, 11) is 1.51. The lowest BCUT2D eigenvalue weighted by atomic mass is 10.0. The fourth-order valence-corrected chi connectivity index (χ4v) is 10.6. The molecular formula is C65H128N2O7P+.